The van der Waals surface area contributed by atoms with Gasteiger partial charge in [0.15, 0.2) is 6.61 Å². The Labute approximate surface area is 182 Å². The highest BCUT2D eigenvalue weighted by Crippen LogP contribution is 2.39. The largest absolute Gasteiger partial charge is 0.507 e. The van der Waals surface area contributed by atoms with Crippen LogP contribution in [-0.4, -0.2) is 28.8 Å². The normalized spacial score (nSPS) is 12.1. The third-order valence-electron chi connectivity index (χ3n) is 4.55. The fraction of sp³-hybridized carbons (Fsp3) is 0.391. The molecule has 31 heavy (non-hydrogen) atoms. The Morgan fingerprint density at radius 1 is 1.13 bits per heavy atom. The summed E-state index contributed by atoms with van der Waals surface area (Å²) in [6, 6.07) is 9.29. The number of hydrogen-bond donors (Lipinski definition) is 2. The number of nitrogens with zero attached hydrogens (tertiary/aromatic N) is 2. The van der Waals surface area contributed by atoms with Crippen molar-refractivity contribution in [3.63, 3.8) is 0 Å². The van der Waals surface area contributed by atoms with Gasteiger partial charge in [0.1, 0.15) is 11.5 Å². The highest BCUT2D eigenvalue weighted by Gasteiger charge is 2.26. The maximum absolute atomic E-state index is 12.0. The van der Waals surface area contributed by atoms with Gasteiger partial charge in [-0.1, -0.05) is 47.6 Å². The minimum Gasteiger partial charge on any atom is -0.507 e. The van der Waals surface area contributed by atoms with Crippen molar-refractivity contribution in [3.05, 3.63) is 63.2 Å². The third kappa shape index (κ3) is 6.53. The molecule has 0 spiro atoms. The van der Waals surface area contributed by atoms with Crippen molar-refractivity contribution >= 4 is 17.8 Å². The zero-order chi connectivity index (χ0) is 23.4. The fourth-order valence-electron chi connectivity index (χ4n) is 2.92. The first kappa shape index (κ1) is 23.9. The summed E-state index contributed by atoms with van der Waals surface area (Å²) in [4.78, 5) is 22.3. The Bertz CT molecular complexity index is 966. The smallest absolute Gasteiger partial charge is 0.277 e. The van der Waals surface area contributed by atoms with Gasteiger partial charge in [-0.05, 0) is 34.6 Å². The van der Waals surface area contributed by atoms with E-state index in [0.717, 1.165) is 16.7 Å². The summed E-state index contributed by atoms with van der Waals surface area (Å²) in [6.45, 7) is 11.8. The first-order valence-corrected chi connectivity index (χ1v) is 9.86. The van der Waals surface area contributed by atoms with Gasteiger partial charge in [0.25, 0.3) is 11.6 Å². The summed E-state index contributed by atoms with van der Waals surface area (Å²) in [5.74, 6) is -0.0170. The maximum atomic E-state index is 12.0. The number of carbonyl (C=O) groups is 1. The van der Waals surface area contributed by atoms with Gasteiger partial charge >= 0.3 is 0 Å². The zero-order valence-electron chi connectivity index (χ0n) is 18.7. The Balaban J connectivity index is 2.10. The topological polar surface area (TPSA) is 114 Å². The van der Waals surface area contributed by atoms with Crippen LogP contribution in [0.1, 0.15) is 58.2 Å². The van der Waals surface area contributed by atoms with Crippen molar-refractivity contribution in [2.45, 2.75) is 52.4 Å². The van der Waals surface area contributed by atoms with Gasteiger partial charge in [0.2, 0.25) is 0 Å². The standard InChI is InChI=1S/C23H29N3O5/c1-22(2,3)18-10-15(11-19(21(18)28)23(4,5)6)13-24-25-20(27)14-31-17-9-7-8-16(12-17)26(29)30/h7-13,28H,14H2,1-6H3,(H,25,27). The molecule has 0 aromatic heterocycles. The quantitative estimate of drug-likeness (QED) is 0.402. The highest BCUT2D eigenvalue weighted by molar-refractivity contribution is 5.84. The number of nitro groups is 1. The van der Waals surface area contributed by atoms with Gasteiger partial charge in [0, 0.05) is 17.2 Å². The minimum absolute atomic E-state index is 0.118. The number of rotatable bonds is 6. The summed E-state index contributed by atoms with van der Waals surface area (Å²) in [5, 5.41) is 25.5. The van der Waals surface area contributed by atoms with Crippen LogP contribution in [-0.2, 0) is 15.6 Å². The number of nitro benzene ring substituents is 1. The van der Waals surface area contributed by atoms with Crippen LogP contribution < -0.4 is 10.2 Å². The van der Waals surface area contributed by atoms with Crippen LogP contribution in [0.25, 0.3) is 0 Å². The second-order valence-corrected chi connectivity index (χ2v) is 9.30. The van der Waals surface area contributed by atoms with Crippen molar-refractivity contribution in [2.75, 3.05) is 6.61 Å². The van der Waals surface area contributed by atoms with Crippen molar-refractivity contribution in [1.29, 1.82) is 0 Å². The van der Waals surface area contributed by atoms with Crippen LogP contribution in [0.3, 0.4) is 0 Å². The van der Waals surface area contributed by atoms with Crippen LogP contribution in [0.2, 0.25) is 0 Å². The Kier molecular flexibility index (Phi) is 7.05. The number of hydrogen-bond acceptors (Lipinski definition) is 6. The number of nitrogens with one attached hydrogen (secondary N) is 1. The fourth-order valence-corrected chi connectivity index (χ4v) is 2.92. The number of phenols is 1. The van der Waals surface area contributed by atoms with Gasteiger partial charge in [-0.15, -0.1) is 0 Å². The highest BCUT2D eigenvalue weighted by atomic mass is 16.6. The summed E-state index contributed by atoms with van der Waals surface area (Å²) >= 11 is 0. The van der Waals surface area contributed by atoms with Crippen LogP contribution >= 0.6 is 0 Å². The molecule has 0 unspecified atom stereocenters. The molecule has 0 saturated carbocycles. The molecule has 166 valence electrons. The molecule has 0 atom stereocenters. The molecule has 0 bridgehead atoms. The van der Waals surface area contributed by atoms with E-state index >= 15 is 0 Å². The Morgan fingerprint density at radius 2 is 1.71 bits per heavy atom. The monoisotopic (exact) mass is 427 g/mol. The maximum Gasteiger partial charge on any atom is 0.277 e. The van der Waals surface area contributed by atoms with Crippen molar-refractivity contribution < 1.29 is 19.6 Å². The van der Waals surface area contributed by atoms with Gasteiger partial charge in [0.05, 0.1) is 17.2 Å². The number of hydrazone groups is 1. The number of benzene rings is 2. The number of carbonyl (C=O) groups excluding carboxylic acids is 1. The third-order valence-corrected chi connectivity index (χ3v) is 4.55. The van der Waals surface area contributed by atoms with E-state index in [1.54, 1.807) is 0 Å². The van der Waals surface area contributed by atoms with Crippen LogP contribution in [0, 0.1) is 10.1 Å². The first-order chi connectivity index (χ1) is 14.3. The van der Waals surface area contributed by atoms with E-state index in [9.17, 15) is 20.0 Å². The molecule has 0 aliphatic rings. The molecule has 0 aliphatic heterocycles. The van der Waals surface area contributed by atoms with E-state index in [2.05, 4.69) is 10.5 Å². The molecular formula is C23H29N3O5. The Morgan fingerprint density at radius 3 is 2.23 bits per heavy atom. The predicted molar refractivity (Wildman–Crippen MR) is 120 cm³/mol. The summed E-state index contributed by atoms with van der Waals surface area (Å²) in [7, 11) is 0. The number of aromatic hydroxyl groups is 1. The van der Waals surface area contributed by atoms with E-state index in [-0.39, 0.29) is 34.6 Å². The van der Waals surface area contributed by atoms with Gasteiger partial charge in [-0.25, -0.2) is 5.43 Å². The molecule has 0 fully saturated rings. The molecule has 8 heteroatoms. The molecular weight excluding hydrogens is 398 g/mol. The molecule has 0 saturated heterocycles. The van der Waals surface area contributed by atoms with E-state index in [1.165, 1.54) is 30.5 Å². The molecule has 1 amide bonds. The van der Waals surface area contributed by atoms with E-state index < -0.39 is 10.8 Å². The lowest BCUT2D eigenvalue weighted by atomic mass is 9.78. The number of non-ortho nitro benzene ring substituents is 1. The van der Waals surface area contributed by atoms with Crippen LogP contribution in [0.15, 0.2) is 41.5 Å². The first-order valence-electron chi connectivity index (χ1n) is 9.86. The minimum atomic E-state index is -0.535. The van der Waals surface area contributed by atoms with Crippen molar-refractivity contribution in [3.8, 4) is 11.5 Å². The van der Waals surface area contributed by atoms with Gasteiger partial charge in [-0.3, -0.25) is 14.9 Å². The van der Waals surface area contributed by atoms with Crippen LogP contribution in [0.4, 0.5) is 5.69 Å². The average Bonchev–Trinajstić information content (AvgIpc) is 2.65. The zero-order valence-corrected chi connectivity index (χ0v) is 18.7. The number of ether oxygens (including phenoxy) is 1. The molecule has 8 nitrogen and oxygen atoms in total. The van der Waals surface area contributed by atoms with E-state index in [1.807, 2.05) is 53.7 Å². The van der Waals surface area contributed by atoms with Crippen molar-refractivity contribution in [2.24, 2.45) is 5.10 Å². The van der Waals surface area contributed by atoms with E-state index in [0.29, 0.717) is 0 Å². The molecule has 0 aliphatic carbocycles. The van der Waals surface area contributed by atoms with Gasteiger partial charge in [-0.2, -0.15) is 5.10 Å². The number of amides is 1. The molecule has 2 N–H and O–H groups in total. The van der Waals surface area contributed by atoms with Crippen LogP contribution in [0.5, 0.6) is 11.5 Å². The second kappa shape index (κ2) is 9.16. The lowest BCUT2D eigenvalue weighted by molar-refractivity contribution is -0.384. The summed E-state index contributed by atoms with van der Waals surface area (Å²) in [5.41, 5.74) is 4.04. The molecule has 0 radical (unpaired) electrons. The molecule has 0 heterocycles. The lowest BCUT2D eigenvalue weighted by Crippen LogP contribution is -2.24. The lowest BCUT2D eigenvalue weighted by Gasteiger charge is -2.27. The molecule has 2 aromatic carbocycles. The average molecular weight is 428 g/mol. The van der Waals surface area contributed by atoms with Crippen molar-refractivity contribution in [1.82, 2.24) is 5.43 Å². The molecule has 2 rings (SSSR count). The summed E-state index contributed by atoms with van der Waals surface area (Å²) < 4.78 is 5.28. The predicted octanol–water partition coefficient (Wildman–Crippen LogP) is 4.42. The molecule has 2 aromatic rings. The van der Waals surface area contributed by atoms with E-state index in [4.69, 9.17) is 4.74 Å². The second-order valence-electron chi connectivity index (χ2n) is 9.30. The summed E-state index contributed by atoms with van der Waals surface area (Å²) in [6.07, 6.45) is 1.51. The Hall–Kier alpha value is -3.42. The number of phenolic OH excluding ortho intramolecular Hbond substituents is 1. The van der Waals surface area contributed by atoms with Gasteiger partial charge < -0.3 is 9.84 Å². The SMILES string of the molecule is CC(C)(C)c1cc(C=NNC(=O)COc2cccc([N+](=O)[O-])c2)cc(C(C)(C)C)c1O.